The van der Waals surface area contributed by atoms with Crippen LogP contribution in [0.15, 0.2) is 30.3 Å². The second-order valence-electron chi connectivity index (χ2n) is 4.44. The minimum Gasteiger partial charge on any atom is -0.295 e. The summed E-state index contributed by atoms with van der Waals surface area (Å²) in [6.07, 6.45) is 6.02. The van der Waals surface area contributed by atoms with E-state index < -0.39 is 0 Å². The van der Waals surface area contributed by atoms with E-state index in [9.17, 15) is 9.18 Å². The molecule has 0 amide bonds. The van der Waals surface area contributed by atoms with E-state index in [0.29, 0.717) is 6.42 Å². The summed E-state index contributed by atoms with van der Waals surface area (Å²) in [6, 6.07) is 8.09. The Kier molecular flexibility index (Phi) is 6.52. The molecule has 0 fully saturated rings. The van der Waals surface area contributed by atoms with Crippen LogP contribution in [0.2, 0.25) is 0 Å². The molecule has 0 aromatic heterocycles. The van der Waals surface area contributed by atoms with Crippen LogP contribution < -0.4 is 0 Å². The highest BCUT2D eigenvalue weighted by molar-refractivity contribution is 5.95. The monoisotopic (exact) mass is 259 g/mol. The molecule has 0 aliphatic rings. The number of nitriles is 1. The van der Waals surface area contributed by atoms with E-state index in [1.54, 1.807) is 24.3 Å². The average molecular weight is 259 g/mol. The number of carbonyl (C=O) groups is 1. The summed E-state index contributed by atoms with van der Waals surface area (Å²) in [5.41, 5.74) is 0.807. The third kappa shape index (κ3) is 5.48. The summed E-state index contributed by atoms with van der Waals surface area (Å²) in [7, 11) is 0. The van der Waals surface area contributed by atoms with Gasteiger partial charge in [-0.3, -0.25) is 4.79 Å². The zero-order valence-corrected chi connectivity index (χ0v) is 11.1. The molecule has 100 valence electrons. The number of benzene rings is 1. The lowest BCUT2D eigenvalue weighted by Gasteiger charge is -2.09. The summed E-state index contributed by atoms with van der Waals surface area (Å²) >= 11 is 0. The Bertz CT molecular complexity index is 471. The van der Waals surface area contributed by atoms with Crippen LogP contribution >= 0.6 is 0 Å². The molecule has 1 rings (SSSR count). The van der Waals surface area contributed by atoms with E-state index in [2.05, 4.69) is 6.07 Å². The summed E-state index contributed by atoms with van der Waals surface area (Å²) < 4.78 is 12.7. The van der Waals surface area contributed by atoms with Crippen molar-refractivity contribution < 1.29 is 9.18 Å². The standard InChI is InChI=1S/C16H18FNO/c1-2-14(5-3-4-12-18)16(19)11-8-13-6-9-15(17)10-7-13/h6-11,14H,2-5H2,1H3/b11-8+. The molecule has 3 heteroatoms. The molecule has 0 saturated carbocycles. The topological polar surface area (TPSA) is 40.9 Å². The lowest BCUT2D eigenvalue weighted by Crippen LogP contribution is -2.10. The Morgan fingerprint density at radius 1 is 1.42 bits per heavy atom. The molecule has 0 N–H and O–H groups in total. The Hall–Kier alpha value is -1.95. The van der Waals surface area contributed by atoms with Gasteiger partial charge in [0.05, 0.1) is 6.07 Å². The zero-order valence-electron chi connectivity index (χ0n) is 11.1. The van der Waals surface area contributed by atoms with Crippen molar-refractivity contribution in [2.24, 2.45) is 5.92 Å². The number of halogens is 1. The fourth-order valence-electron chi connectivity index (χ4n) is 1.86. The largest absolute Gasteiger partial charge is 0.295 e. The zero-order chi connectivity index (χ0) is 14.1. The number of unbranched alkanes of at least 4 members (excludes halogenated alkanes) is 1. The van der Waals surface area contributed by atoms with Gasteiger partial charge in [-0.2, -0.15) is 5.26 Å². The van der Waals surface area contributed by atoms with E-state index in [1.165, 1.54) is 12.1 Å². The van der Waals surface area contributed by atoms with E-state index in [1.807, 2.05) is 6.92 Å². The number of hydrogen-bond acceptors (Lipinski definition) is 2. The maximum absolute atomic E-state index is 12.7. The third-order valence-electron chi connectivity index (χ3n) is 3.05. The highest BCUT2D eigenvalue weighted by atomic mass is 19.1. The van der Waals surface area contributed by atoms with Gasteiger partial charge >= 0.3 is 0 Å². The lowest BCUT2D eigenvalue weighted by molar-refractivity contribution is -0.118. The highest BCUT2D eigenvalue weighted by Gasteiger charge is 2.12. The van der Waals surface area contributed by atoms with Crippen molar-refractivity contribution in [1.29, 1.82) is 5.26 Å². The molecule has 0 heterocycles. The normalized spacial score (nSPS) is 12.3. The van der Waals surface area contributed by atoms with E-state index >= 15 is 0 Å². The molecular formula is C16H18FNO. The second-order valence-corrected chi connectivity index (χ2v) is 4.44. The Labute approximate surface area is 113 Å². The van der Waals surface area contributed by atoms with Gasteiger partial charge in [-0.15, -0.1) is 0 Å². The smallest absolute Gasteiger partial charge is 0.158 e. The molecule has 0 spiro atoms. The maximum atomic E-state index is 12.7. The van der Waals surface area contributed by atoms with Crippen LogP contribution in [0.4, 0.5) is 4.39 Å². The van der Waals surface area contributed by atoms with Crippen molar-refractivity contribution in [2.75, 3.05) is 0 Å². The number of ketones is 1. The number of hydrogen-bond donors (Lipinski definition) is 0. The van der Waals surface area contributed by atoms with Gasteiger partial charge in [-0.05, 0) is 43.0 Å². The minimum atomic E-state index is -0.286. The van der Waals surface area contributed by atoms with Gasteiger partial charge in [-0.1, -0.05) is 25.1 Å². The van der Waals surface area contributed by atoms with Gasteiger partial charge in [0.15, 0.2) is 5.78 Å². The Balaban J connectivity index is 2.56. The first-order chi connectivity index (χ1) is 9.17. The van der Waals surface area contributed by atoms with Crippen molar-refractivity contribution in [3.05, 3.63) is 41.7 Å². The SMILES string of the molecule is CCC(CCCC#N)C(=O)/C=C/c1ccc(F)cc1. The first kappa shape index (κ1) is 15.1. The fraction of sp³-hybridized carbons (Fsp3) is 0.375. The van der Waals surface area contributed by atoms with Crippen molar-refractivity contribution >= 4 is 11.9 Å². The molecule has 1 aromatic rings. The second kappa shape index (κ2) is 8.20. The molecule has 1 unspecified atom stereocenters. The van der Waals surface area contributed by atoms with Crippen LogP contribution in [0.5, 0.6) is 0 Å². The van der Waals surface area contributed by atoms with Crippen LogP contribution in [-0.4, -0.2) is 5.78 Å². The van der Waals surface area contributed by atoms with Gasteiger partial charge in [0.2, 0.25) is 0 Å². The Morgan fingerprint density at radius 2 is 2.11 bits per heavy atom. The Morgan fingerprint density at radius 3 is 2.68 bits per heavy atom. The van der Waals surface area contributed by atoms with Crippen LogP contribution in [0.1, 0.15) is 38.2 Å². The molecule has 1 aromatic carbocycles. The maximum Gasteiger partial charge on any atom is 0.158 e. The summed E-state index contributed by atoms with van der Waals surface area (Å²) in [4.78, 5) is 12.0. The molecule has 0 saturated heterocycles. The van der Waals surface area contributed by atoms with Gasteiger partial charge in [0, 0.05) is 12.3 Å². The van der Waals surface area contributed by atoms with Crippen LogP contribution in [-0.2, 0) is 4.79 Å². The molecule has 1 atom stereocenters. The highest BCUT2D eigenvalue weighted by Crippen LogP contribution is 2.15. The molecule has 2 nitrogen and oxygen atoms in total. The number of allylic oxidation sites excluding steroid dienone is 1. The van der Waals surface area contributed by atoms with Crippen molar-refractivity contribution in [3.8, 4) is 6.07 Å². The number of carbonyl (C=O) groups excluding carboxylic acids is 1. The van der Waals surface area contributed by atoms with Crippen molar-refractivity contribution in [2.45, 2.75) is 32.6 Å². The molecule has 0 bridgehead atoms. The molecule has 0 aliphatic heterocycles. The van der Waals surface area contributed by atoms with Gasteiger partial charge in [-0.25, -0.2) is 4.39 Å². The molecular weight excluding hydrogens is 241 g/mol. The van der Waals surface area contributed by atoms with Crippen LogP contribution in [0.25, 0.3) is 6.08 Å². The van der Waals surface area contributed by atoms with Gasteiger partial charge in [0.1, 0.15) is 5.82 Å². The predicted molar refractivity (Wildman–Crippen MR) is 73.7 cm³/mol. The first-order valence-corrected chi connectivity index (χ1v) is 6.51. The van der Waals surface area contributed by atoms with Gasteiger partial charge < -0.3 is 0 Å². The molecule has 0 radical (unpaired) electrons. The van der Waals surface area contributed by atoms with Crippen LogP contribution in [0, 0.1) is 23.1 Å². The third-order valence-corrected chi connectivity index (χ3v) is 3.05. The van der Waals surface area contributed by atoms with E-state index in [-0.39, 0.29) is 17.5 Å². The first-order valence-electron chi connectivity index (χ1n) is 6.51. The summed E-state index contributed by atoms with van der Waals surface area (Å²) in [6.45, 7) is 1.97. The number of nitrogens with zero attached hydrogens (tertiary/aromatic N) is 1. The molecule has 0 aliphatic carbocycles. The predicted octanol–water partition coefficient (Wildman–Crippen LogP) is 4.13. The van der Waals surface area contributed by atoms with E-state index in [0.717, 1.165) is 24.8 Å². The average Bonchev–Trinajstić information content (AvgIpc) is 2.43. The van der Waals surface area contributed by atoms with Crippen LogP contribution in [0.3, 0.4) is 0 Å². The summed E-state index contributed by atoms with van der Waals surface area (Å²) in [5, 5.41) is 8.49. The lowest BCUT2D eigenvalue weighted by atomic mass is 9.94. The van der Waals surface area contributed by atoms with Crippen molar-refractivity contribution in [1.82, 2.24) is 0 Å². The molecule has 19 heavy (non-hydrogen) atoms. The van der Waals surface area contributed by atoms with Gasteiger partial charge in [0.25, 0.3) is 0 Å². The quantitative estimate of drug-likeness (QED) is 0.545. The minimum absolute atomic E-state index is 0.0231. The fourth-order valence-corrected chi connectivity index (χ4v) is 1.86. The van der Waals surface area contributed by atoms with Crippen molar-refractivity contribution in [3.63, 3.8) is 0 Å². The van der Waals surface area contributed by atoms with E-state index in [4.69, 9.17) is 5.26 Å². The number of rotatable bonds is 7. The summed E-state index contributed by atoms with van der Waals surface area (Å²) in [5.74, 6) is -0.235.